The molecule has 0 saturated carbocycles. The standard InChI is InChI=1S/C28H56N2O2/c1-21(2)27(9)19-23(17-25(5,6)29-27)31-15-13-11-12-14-16-32-24-18-26(7,8)30-28(10,20-24)22(3)4/h21-24,29-30H,11-20H2,1-10H3. The van der Waals surface area contributed by atoms with Crippen LogP contribution in [0.25, 0.3) is 0 Å². The zero-order valence-corrected chi connectivity index (χ0v) is 23.2. The Hall–Kier alpha value is -0.160. The quantitative estimate of drug-likeness (QED) is 0.353. The molecule has 0 aromatic rings. The molecule has 0 spiro atoms. The zero-order chi connectivity index (χ0) is 24.2. The summed E-state index contributed by atoms with van der Waals surface area (Å²) in [6.45, 7) is 25.1. The Bertz CT molecular complexity index is 524. The highest BCUT2D eigenvalue weighted by Crippen LogP contribution is 2.36. The van der Waals surface area contributed by atoms with E-state index >= 15 is 0 Å². The number of rotatable bonds is 11. The van der Waals surface area contributed by atoms with Gasteiger partial charge in [0.1, 0.15) is 0 Å². The second kappa shape index (κ2) is 11.1. The number of ether oxygens (including phenoxy) is 2. The number of hydrogen-bond acceptors (Lipinski definition) is 4. The van der Waals surface area contributed by atoms with Crippen LogP contribution < -0.4 is 10.6 Å². The van der Waals surface area contributed by atoms with Crippen molar-refractivity contribution >= 4 is 0 Å². The van der Waals surface area contributed by atoms with Crippen LogP contribution in [-0.2, 0) is 9.47 Å². The van der Waals surface area contributed by atoms with Crippen molar-refractivity contribution in [3.05, 3.63) is 0 Å². The molecule has 0 aliphatic carbocycles. The fourth-order valence-electron chi connectivity index (χ4n) is 6.03. The van der Waals surface area contributed by atoms with Gasteiger partial charge in [-0.1, -0.05) is 40.5 Å². The zero-order valence-electron chi connectivity index (χ0n) is 23.2. The van der Waals surface area contributed by atoms with Gasteiger partial charge >= 0.3 is 0 Å². The van der Waals surface area contributed by atoms with E-state index in [2.05, 4.69) is 79.9 Å². The first-order chi connectivity index (χ1) is 14.7. The molecular formula is C28H56N2O2. The Kier molecular flexibility index (Phi) is 9.70. The maximum atomic E-state index is 6.36. The molecule has 2 N–H and O–H groups in total. The maximum absolute atomic E-state index is 6.36. The highest BCUT2D eigenvalue weighted by atomic mass is 16.5. The van der Waals surface area contributed by atoms with E-state index in [0.29, 0.717) is 24.0 Å². The largest absolute Gasteiger partial charge is 0.378 e. The van der Waals surface area contributed by atoms with E-state index in [9.17, 15) is 0 Å². The van der Waals surface area contributed by atoms with Crippen LogP contribution in [0.15, 0.2) is 0 Å². The molecule has 2 aliphatic heterocycles. The molecule has 2 rings (SSSR count). The second-order valence-electron chi connectivity index (χ2n) is 13.4. The summed E-state index contributed by atoms with van der Waals surface area (Å²) in [5.74, 6) is 1.22. The predicted octanol–water partition coefficient (Wildman–Crippen LogP) is 6.47. The predicted molar refractivity (Wildman–Crippen MR) is 137 cm³/mol. The van der Waals surface area contributed by atoms with Crippen molar-refractivity contribution in [2.75, 3.05) is 13.2 Å². The topological polar surface area (TPSA) is 42.5 Å². The summed E-state index contributed by atoms with van der Waals surface area (Å²) >= 11 is 0. The van der Waals surface area contributed by atoms with Gasteiger partial charge in [0.05, 0.1) is 12.2 Å². The average Bonchev–Trinajstić information content (AvgIpc) is 2.60. The van der Waals surface area contributed by atoms with Crippen molar-refractivity contribution in [2.24, 2.45) is 11.8 Å². The van der Waals surface area contributed by atoms with E-state index < -0.39 is 0 Å². The van der Waals surface area contributed by atoms with Crippen LogP contribution >= 0.6 is 0 Å². The molecule has 0 radical (unpaired) electrons. The fraction of sp³-hybridized carbons (Fsp3) is 1.00. The Balaban J connectivity index is 1.62. The molecule has 0 aromatic carbocycles. The summed E-state index contributed by atoms with van der Waals surface area (Å²) in [5.41, 5.74) is 0.624. The Morgan fingerprint density at radius 3 is 1.25 bits per heavy atom. The van der Waals surface area contributed by atoms with Crippen LogP contribution in [-0.4, -0.2) is 47.6 Å². The van der Waals surface area contributed by atoms with Gasteiger partial charge < -0.3 is 20.1 Å². The van der Waals surface area contributed by atoms with Gasteiger partial charge in [0, 0.05) is 35.4 Å². The van der Waals surface area contributed by atoms with Crippen LogP contribution in [0, 0.1) is 11.8 Å². The van der Waals surface area contributed by atoms with Gasteiger partial charge in [0.2, 0.25) is 0 Å². The Morgan fingerprint density at radius 2 is 0.938 bits per heavy atom. The minimum Gasteiger partial charge on any atom is -0.378 e. The lowest BCUT2D eigenvalue weighted by molar-refractivity contribution is -0.0406. The minimum absolute atomic E-state index is 0.147. The lowest BCUT2D eigenvalue weighted by Gasteiger charge is -2.50. The fourth-order valence-corrected chi connectivity index (χ4v) is 6.03. The first-order valence-electron chi connectivity index (χ1n) is 13.5. The van der Waals surface area contributed by atoms with Gasteiger partial charge in [0.15, 0.2) is 0 Å². The molecule has 4 atom stereocenters. The molecule has 0 amide bonds. The average molecular weight is 453 g/mol. The summed E-state index contributed by atoms with van der Waals surface area (Å²) < 4.78 is 12.7. The first-order valence-corrected chi connectivity index (χ1v) is 13.5. The molecular weight excluding hydrogens is 396 g/mol. The van der Waals surface area contributed by atoms with E-state index in [4.69, 9.17) is 9.47 Å². The molecule has 0 bridgehead atoms. The molecule has 4 nitrogen and oxygen atoms in total. The number of hydrogen-bond donors (Lipinski definition) is 2. The third-order valence-corrected chi connectivity index (χ3v) is 8.32. The van der Waals surface area contributed by atoms with Gasteiger partial charge in [-0.2, -0.15) is 0 Å². The molecule has 2 saturated heterocycles. The summed E-state index contributed by atoms with van der Waals surface area (Å²) in [6.07, 6.45) is 9.98. The van der Waals surface area contributed by atoms with Crippen molar-refractivity contribution in [1.29, 1.82) is 0 Å². The normalized spacial score (nSPS) is 34.9. The monoisotopic (exact) mass is 452 g/mol. The van der Waals surface area contributed by atoms with Crippen LogP contribution in [0.5, 0.6) is 0 Å². The SMILES string of the molecule is CC(C)C1(C)CC(OCCCCCCOC2CC(C)(C)NC(C)(C(C)C)C2)CC(C)(C)N1. The lowest BCUT2D eigenvalue weighted by atomic mass is 9.74. The molecule has 32 heavy (non-hydrogen) atoms. The second-order valence-corrected chi connectivity index (χ2v) is 13.4. The highest BCUT2D eigenvalue weighted by Gasteiger charge is 2.43. The van der Waals surface area contributed by atoms with Crippen LogP contribution in [0.4, 0.5) is 0 Å². The van der Waals surface area contributed by atoms with E-state index in [-0.39, 0.29) is 22.2 Å². The Labute approximate surface area is 200 Å². The van der Waals surface area contributed by atoms with Gasteiger partial charge in [0.25, 0.3) is 0 Å². The highest BCUT2D eigenvalue weighted by molar-refractivity contribution is 5.02. The molecule has 4 heteroatoms. The maximum Gasteiger partial charge on any atom is 0.0610 e. The third kappa shape index (κ3) is 8.25. The molecule has 2 heterocycles. The van der Waals surface area contributed by atoms with E-state index in [1.807, 2.05) is 0 Å². The number of piperidine rings is 2. The molecule has 190 valence electrons. The summed E-state index contributed by atoms with van der Waals surface area (Å²) in [4.78, 5) is 0. The van der Waals surface area contributed by atoms with Crippen molar-refractivity contribution in [1.82, 2.24) is 10.6 Å². The third-order valence-electron chi connectivity index (χ3n) is 8.32. The summed E-state index contributed by atoms with van der Waals surface area (Å²) in [7, 11) is 0. The van der Waals surface area contributed by atoms with Crippen molar-refractivity contribution in [3.63, 3.8) is 0 Å². The Morgan fingerprint density at radius 1 is 0.594 bits per heavy atom. The van der Waals surface area contributed by atoms with E-state index in [0.717, 1.165) is 51.7 Å². The van der Waals surface area contributed by atoms with Crippen LogP contribution in [0.3, 0.4) is 0 Å². The van der Waals surface area contributed by atoms with Gasteiger partial charge in [-0.25, -0.2) is 0 Å². The summed E-state index contributed by atoms with van der Waals surface area (Å²) in [5, 5.41) is 7.74. The first kappa shape index (κ1) is 28.1. The molecule has 0 aromatic heterocycles. The van der Waals surface area contributed by atoms with Gasteiger partial charge in [-0.3, -0.25) is 0 Å². The number of nitrogens with one attached hydrogen (secondary N) is 2. The van der Waals surface area contributed by atoms with Crippen molar-refractivity contribution in [2.45, 2.75) is 155 Å². The molecule has 4 unspecified atom stereocenters. The van der Waals surface area contributed by atoms with Crippen LogP contribution in [0.1, 0.15) is 121 Å². The van der Waals surface area contributed by atoms with Gasteiger partial charge in [-0.05, 0) is 91.9 Å². The summed E-state index contributed by atoms with van der Waals surface area (Å²) in [6, 6.07) is 0. The molecule has 2 aliphatic rings. The number of unbranched alkanes of at least 4 members (excludes halogenated alkanes) is 3. The molecule has 2 fully saturated rings. The van der Waals surface area contributed by atoms with Gasteiger partial charge in [-0.15, -0.1) is 0 Å². The van der Waals surface area contributed by atoms with E-state index in [1.54, 1.807) is 0 Å². The minimum atomic E-state index is 0.147. The van der Waals surface area contributed by atoms with Crippen LogP contribution in [0.2, 0.25) is 0 Å². The van der Waals surface area contributed by atoms with Crippen molar-refractivity contribution < 1.29 is 9.47 Å². The van der Waals surface area contributed by atoms with Crippen molar-refractivity contribution in [3.8, 4) is 0 Å². The lowest BCUT2D eigenvalue weighted by Crippen LogP contribution is -2.63. The smallest absolute Gasteiger partial charge is 0.0610 e. The van der Waals surface area contributed by atoms with E-state index in [1.165, 1.54) is 12.8 Å².